The van der Waals surface area contributed by atoms with Crippen molar-refractivity contribution < 1.29 is 9.53 Å². The largest absolute Gasteiger partial charge is 0.468 e. The average Bonchev–Trinajstić information content (AvgIpc) is 2.82. The molecule has 0 aliphatic heterocycles. The number of rotatable bonds is 4. The van der Waals surface area contributed by atoms with Gasteiger partial charge in [0.15, 0.2) is 0 Å². The Morgan fingerprint density at radius 1 is 1.63 bits per heavy atom. The van der Waals surface area contributed by atoms with Crippen LogP contribution in [0, 0.1) is 0 Å². The summed E-state index contributed by atoms with van der Waals surface area (Å²) in [6.45, 7) is -0.118. The quantitative estimate of drug-likeness (QED) is 0.599. The summed E-state index contributed by atoms with van der Waals surface area (Å²) in [5, 5.41) is 11.6. The molecule has 2 rings (SSSR count). The molecule has 9 nitrogen and oxygen atoms in total. The van der Waals surface area contributed by atoms with Crippen LogP contribution < -0.4 is 5.56 Å². The second-order valence-corrected chi connectivity index (χ2v) is 4.90. The monoisotopic (exact) mass is 346 g/mol. The van der Waals surface area contributed by atoms with Gasteiger partial charge in [0, 0.05) is 0 Å². The van der Waals surface area contributed by atoms with Crippen molar-refractivity contribution in [1.82, 2.24) is 30.2 Å². The summed E-state index contributed by atoms with van der Waals surface area (Å²) in [5.41, 5.74) is -0.315. The maximum absolute atomic E-state index is 11.4. The van der Waals surface area contributed by atoms with Gasteiger partial charge in [0.25, 0.3) is 5.56 Å². The minimum Gasteiger partial charge on any atom is -0.468 e. The minimum atomic E-state index is -0.480. The molecular formula is C8H7BrN6O3S. The predicted octanol–water partition coefficient (Wildman–Crippen LogP) is -0.157. The molecule has 19 heavy (non-hydrogen) atoms. The number of halogens is 1. The van der Waals surface area contributed by atoms with Gasteiger partial charge in [0.05, 0.1) is 13.4 Å². The van der Waals surface area contributed by atoms with Crippen molar-refractivity contribution in [2.45, 2.75) is 16.7 Å². The Morgan fingerprint density at radius 2 is 2.42 bits per heavy atom. The summed E-state index contributed by atoms with van der Waals surface area (Å²) >= 11 is 4.17. The molecular weight excluding hydrogens is 340 g/mol. The van der Waals surface area contributed by atoms with Crippen LogP contribution in [-0.4, -0.2) is 43.3 Å². The molecule has 0 spiro atoms. The maximum Gasteiger partial charge on any atom is 0.327 e. The van der Waals surface area contributed by atoms with Crippen LogP contribution in [0.15, 0.2) is 25.8 Å². The van der Waals surface area contributed by atoms with Crippen LogP contribution in [0.5, 0.6) is 0 Å². The molecule has 0 atom stereocenters. The van der Waals surface area contributed by atoms with E-state index in [1.165, 1.54) is 18.1 Å². The summed E-state index contributed by atoms with van der Waals surface area (Å²) in [4.78, 5) is 29.0. The Kier molecular flexibility index (Phi) is 4.27. The lowest BCUT2D eigenvalue weighted by Gasteiger charge is -2.03. The number of ether oxygens (including phenoxy) is 1. The lowest BCUT2D eigenvalue weighted by Crippen LogP contribution is -2.14. The third-order valence-electron chi connectivity index (χ3n) is 1.96. The molecule has 1 N–H and O–H groups in total. The van der Waals surface area contributed by atoms with Gasteiger partial charge < -0.3 is 9.72 Å². The summed E-state index contributed by atoms with van der Waals surface area (Å²) in [6, 6.07) is 0. The Bertz CT molecular complexity index is 656. The molecule has 0 aliphatic carbocycles. The van der Waals surface area contributed by atoms with Crippen molar-refractivity contribution in [3.05, 3.63) is 21.2 Å². The number of carbonyl (C=O) groups is 1. The molecule has 0 fully saturated rings. The fourth-order valence-electron chi connectivity index (χ4n) is 1.08. The van der Waals surface area contributed by atoms with E-state index in [4.69, 9.17) is 0 Å². The molecule has 2 aromatic rings. The highest BCUT2D eigenvalue weighted by Crippen LogP contribution is 2.27. The fourth-order valence-corrected chi connectivity index (χ4v) is 2.28. The summed E-state index contributed by atoms with van der Waals surface area (Å²) in [5.74, 6) is -0.480. The molecule has 0 bridgehead atoms. The molecule has 2 aromatic heterocycles. The van der Waals surface area contributed by atoms with Crippen molar-refractivity contribution >= 4 is 33.7 Å². The molecule has 100 valence electrons. The normalized spacial score (nSPS) is 10.4. The molecule has 0 saturated heterocycles. The van der Waals surface area contributed by atoms with Gasteiger partial charge in [-0.1, -0.05) is 0 Å². The maximum atomic E-state index is 11.4. The number of aromatic nitrogens is 6. The van der Waals surface area contributed by atoms with Gasteiger partial charge >= 0.3 is 5.97 Å². The first-order chi connectivity index (χ1) is 9.11. The van der Waals surface area contributed by atoms with Crippen LogP contribution in [0.25, 0.3) is 0 Å². The van der Waals surface area contributed by atoms with Gasteiger partial charge in [0.2, 0.25) is 5.16 Å². The van der Waals surface area contributed by atoms with E-state index in [0.29, 0.717) is 10.2 Å². The number of carbonyl (C=O) groups excluding carboxylic acids is 1. The molecule has 0 aliphatic rings. The first kappa shape index (κ1) is 13.7. The van der Waals surface area contributed by atoms with Gasteiger partial charge in [-0.15, -0.1) is 5.10 Å². The van der Waals surface area contributed by atoms with E-state index < -0.39 is 5.97 Å². The molecule has 0 radical (unpaired) electrons. The van der Waals surface area contributed by atoms with Crippen LogP contribution in [-0.2, 0) is 16.1 Å². The first-order valence-corrected chi connectivity index (χ1v) is 6.46. The van der Waals surface area contributed by atoms with Crippen molar-refractivity contribution in [3.8, 4) is 0 Å². The number of methoxy groups -OCH3 is 1. The van der Waals surface area contributed by atoms with E-state index in [1.807, 2.05) is 0 Å². The van der Waals surface area contributed by atoms with Crippen LogP contribution in [0.1, 0.15) is 0 Å². The standard InChI is InChI=1S/C8H7BrN6O3S/c1-18-4(16)2-15-8(12-13-14-15)19-7-5(9)6(17)10-3-11-7/h3H,2H2,1H3,(H,10,11,17). The zero-order valence-corrected chi connectivity index (χ0v) is 11.9. The Labute approximate surface area is 118 Å². The Balaban J connectivity index is 2.24. The second kappa shape index (κ2) is 5.93. The predicted molar refractivity (Wildman–Crippen MR) is 66.5 cm³/mol. The Hall–Kier alpha value is -1.75. The third-order valence-corrected chi connectivity index (χ3v) is 3.93. The molecule has 11 heteroatoms. The summed E-state index contributed by atoms with van der Waals surface area (Å²) in [6.07, 6.45) is 1.27. The number of hydrogen-bond acceptors (Lipinski definition) is 8. The van der Waals surface area contributed by atoms with E-state index in [2.05, 4.69) is 46.2 Å². The van der Waals surface area contributed by atoms with Crippen molar-refractivity contribution in [2.75, 3.05) is 7.11 Å². The van der Waals surface area contributed by atoms with Crippen LogP contribution in [0.4, 0.5) is 0 Å². The topological polar surface area (TPSA) is 116 Å². The van der Waals surface area contributed by atoms with Crippen molar-refractivity contribution in [1.29, 1.82) is 0 Å². The van der Waals surface area contributed by atoms with Gasteiger partial charge in [-0.2, -0.15) is 0 Å². The number of aromatic amines is 1. The zero-order chi connectivity index (χ0) is 13.8. The highest BCUT2D eigenvalue weighted by Gasteiger charge is 2.15. The second-order valence-electron chi connectivity index (χ2n) is 3.15. The number of nitrogens with one attached hydrogen (secondary N) is 1. The SMILES string of the molecule is COC(=O)Cn1nnnc1Sc1nc[nH]c(=O)c1Br. The summed E-state index contributed by atoms with van der Waals surface area (Å²) < 4.78 is 6.05. The van der Waals surface area contributed by atoms with E-state index in [1.54, 1.807) is 0 Å². The lowest BCUT2D eigenvalue weighted by atomic mass is 10.7. The van der Waals surface area contributed by atoms with Crippen molar-refractivity contribution in [3.63, 3.8) is 0 Å². The number of esters is 1. The van der Waals surface area contributed by atoms with E-state index in [9.17, 15) is 9.59 Å². The third kappa shape index (κ3) is 3.17. The van der Waals surface area contributed by atoms with Gasteiger partial charge in [0.1, 0.15) is 16.0 Å². The van der Waals surface area contributed by atoms with Gasteiger partial charge in [-0.05, 0) is 38.1 Å². The zero-order valence-electron chi connectivity index (χ0n) is 9.53. The lowest BCUT2D eigenvalue weighted by molar-refractivity contribution is -0.141. The van der Waals surface area contributed by atoms with Crippen LogP contribution in [0.2, 0.25) is 0 Å². The molecule has 0 aromatic carbocycles. The van der Waals surface area contributed by atoms with Crippen LogP contribution in [0.3, 0.4) is 0 Å². The molecule has 0 unspecified atom stereocenters. The van der Waals surface area contributed by atoms with E-state index in [-0.39, 0.29) is 16.6 Å². The van der Waals surface area contributed by atoms with E-state index >= 15 is 0 Å². The van der Waals surface area contributed by atoms with Crippen LogP contribution >= 0.6 is 27.7 Å². The summed E-state index contributed by atoms with van der Waals surface area (Å²) in [7, 11) is 1.27. The van der Waals surface area contributed by atoms with Gasteiger partial charge in [-0.3, -0.25) is 9.59 Å². The molecule has 2 heterocycles. The average molecular weight is 347 g/mol. The van der Waals surface area contributed by atoms with Gasteiger partial charge in [-0.25, -0.2) is 9.67 Å². The first-order valence-electron chi connectivity index (χ1n) is 4.86. The number of hydrogen-bond donors (Lipinski definition) is 1. The highest BCUT2D eigenvalue weighted by atomic mass is 79.9. The molecule has 0 saturated carbocycles. The fraction of sp³-hybridized carbons (Fsp3) is 0.250. The number of nitrogens with zero attached hydrogens (tertiary/aromatic N) is 5. The molecule has 0 amide bonds. The van der Waals surface area contributed by atoms with E-state index in [0.717, 1.165) is 11.8 Å². The highest BCUT2D eigenvalue weighted by molar-refractivity contribution is 9.10. The minimum absolute atomic E-state index is 0.118. The smallest absolute Gasteiger partial charge is 0.327 e. The van der Waals surface area contributed by atoms with Crippen molar-refractivity contribution in [2.24, 2.45) is 0 Å². The Morgan fingerprint density at radius 3 is 3.16 bits per heavy atom. The number of H-pyrrole nitrogens is 1. The number of tetrazole rings is 1.